The Morgan fingerprint density at radius 1 is 1.32 bits per heavy atom. The summed E-state index contributed by atoms with van der Waals surface area (Å²) in [5.41, 5.74) is 1.53. The van der Waals surface area contributed by atoms with Crippen molar-refractivity contribution in [3.63, 3.8) is 0 Å². The number of fused-ring (bicyclic) bond motifs is 2. The molecule has 0 unspecified atom stereocenters. The predicted octanol–water partition coefficient (Wildman–Crippen LogP) is 2.54. The lowest BCUT2D eigenvalue weighted by Crippen LogP contribution is -2.54. The molecule has 2 aromatic rings. The van der Waals surface area contributed by atoms with Crippen LogP contribution in [0.4, 0.5) is 0 Å². The second kappa shape index (κ2) is 6.50. The van der Waals surface area contributed by atoms with E-state index in [1.807, 2.05) is 27.7 Å². The van der Waals surface area contributed by atoms with Crippen molar-refractivity contribution >= 4 is 11.8 Å². The monoisotopic (exact) mass is 382 g/mol. The van der Waals surface area contributed by atoms with Crippen molar-refractivity contribution in [3.8, 4) is 0 Å². The highest BCUT2D eigenvalue weighted by molar-refractivity contribution is 5.96. The molecular weight excluding hydrogens is 356 g/mol. The highest BCUT2D eigenvalue weighted by Crippen LogP contribution is 2.41. The average Bonchev–Trinajstić information content (AvgIpc) is 3.33. The number of likely N-dealkylation sites (N-methyl/N-ethyl adjacent to an activating group) is 1. The maximum Gasteiger partial charge on any atom is 0.289 e. The summed E-state index contributed by atoms with van der Waals surface area (Å²) in [5.74, 6) is 1.08. The fraction of sp³-hybridized carbons (Fsp3) is 0.571. The molecule has 0 atom stereocenters. The number of hydrogen-bond donors (Lipinski definition) is 0. The van der Waals surface area contributed by atoms with Crippen molar-refractivity contribution in [2.24, 2.45) is 5.92 Å². The topological polar surface area (TPSA) is 71.6 Å². The number of amides is 2. The summed E-state index contributed by atoms with van der Waals surface area (Å²) in [5, 5.41) is 4.90. The van der Waals surface area contributed by atoms with Crippen molar-refractivity contribution < 1.29 is 14.0 Å². The molecule has 0 N–H and O–H groups in total. The Hall–Kier alpha value is -2.57. The molecule has 3 aliphatic rings. The first-order chi connectivity index (χ1) is 13.6. The van der Waals surface area contributed by atoms with Gasteiger partial charge in [0.25, 0.3) is 11.8 Å². The molecule has 1 saturated heterocycles. The zero-order valence-corrected chi connectivity index (χ0v) is 16.3. The minimum Gasteiger partial charge on any atom is -0.459 e. The third-order valence-corrected chi connectivity index (χ3v) is 6.79. The molecule has 0 aromatic carbocycles. The molecule has 0 bridgehead atoms. The molecule has 2 fully saturated rings. The van der Waals surface area contributed by atoms with Crippen LogP contribution in [0.15, 0.2) is 29.0 Å². The third kappa shape index (κ3) is 2.75. The van der Waals surface area contributed by atoms with E-state index in [4.69, 9.17) is 9.52 Å². The molecule has 7 heteroatoms. The molecule has 7 nitrogen and oxygen atoms in total. The van der Waals surface area contributed by atoms with E-state index in [1.54, 1.807) is 12.1 Å². The summed E-state index contributed by atoms with van der Waals surface area (Å²) >= 11 is 0. The number of carbonyl (C=O) groups is 2. The Bertz CT molecular complexity index is 889. The second-order valence-electron chi connectivity index (χ2n) is 8.62. The standard InChI is InChI=1S/C21H26N4O3/c1-23-14-21(7-9-24(10-8-21)20(27)17-6-3-11-28-17)18-16(19(23)26)13-25(22-18)12-15-4-2-5-15/h3,6,11,13,15H,2,4-5,7-10,12,14H2,1H3. The number of piperidine rings is 1. The molecule has 2 aromatic heterocycles. The maximum absolute atomic E-state index is 12.7. The Labute approximate surface area is 164 Å². The van der Waals surface area contributed by atoms with Gasteiger partial charge in [0.15, 0.2) is 5.76 Å². The number of rotatable bonds is 3. The normalized spacial score (nSPS) is 21.7. The molecule has 1 aliphatic carbocycles. The number of likely N-dealkylation sites (tertiary alicyclic amines) is 1. The van der Waals surface area contributed by atoms with E-state index in [0.717, 1.165) is 30.6 Å². The molecule has 2 amide bonds. The van der Waals surface area contributed by atoms with E-state index in [2.05, 4.69) is 0 Å². The van der Waals surface area contributed by atoms with Crippen LogP contribution in [-0.2, 0) is 12.0 Å². The number of hydrogen-bond acceptors (Lipinski definition) is 4. The summed E-state index contributed by atoms with van der Waals surface area (Å²) in [6.07, 6.45) is 8.92. The van der Waals surface area contributed by atoms with Crippen molar-refractivity contribution in [3.05, 3.63) is 41.6 Å². The van der Waals surface area contributed by atoms with Gasteiger partial charge in [-0.3, -0.25) is 14.3 Å². The molecule has 0 radical (unpaired) electrons. The van der Waals surface area contributed by atoms with Crippen LogP contribution >= 0.6 is 0 Å². The lowest BCUT2D eigenvalue weighted by atomic mass is 9.72. The summed E-state index contributed by atoms with van der Waals surface area (Å²) in [6, 6.07) is 3.45. The molecular formula is C21H26N4O3. The fourth-order valence-corrected chi connectivity index (χ4v) is 4.90. The third-order valence-electron chi connectivity index (χ3n) is 6.79. The second-order valence-corrected chi connectivity index (χ2v) is 8.62. The minimum absolute atomic E-state index is 0.0594. The molecule has 148 valence electrons. The highest BCUT2D eigenvalue weighted by atomic mass is 16.3. The summed E-state index contributed by atoms with van der Waals surface area (Å²) in [4.78, 5) is 29.0. The van der Waals surface area contributed by atoms with Crippen molar-refractivity contribution in [2.45, 2.75) is 44.1 Å². The molecule has 28 heavy (non-hydrogen) atoms. The maximum atomic E-state index is 12.7. The van der Waals surface area contributed by atoms with Gasteiger partial charge in [0, 0.05) is 44.8 Å². The first-order valence-corrected chi connectivity index (χ1v) is 10.2. The van der Waals surface area contributed by atoms with Crippen molar-refractivity contribution in [2.75, 3.05) is 26.7 Å². The molecule has 2 aliphatic heterocycles. The van der Waals surface area contributed by atoms with Gasteiger partial charge in [-0.05, 0) is 43.7 Å². The van der Waals surface area contributed by atoms with Gasteiger partial charge >= 0.3 is 0 Å². The number of carbonyl (C=O) groups excluding carboxylic acids is 2. The van der Waals surface area contributed by atoms with Gasteiger partial charge in [-0.25, -0.2) is 0 Å². The molecule has 1 saturated carbocycles. The summed E-state index contributed by atoms with van der Waals surface area (Å²) in [7, 11) is 1.87. The van der Waals surface area contributed by atoms with Crippen LogP contribution < -0.4 is 0 Å². The fourth-order valence-electron chi connectivity index (χ4n) is 4.90. The zero-order chi connectivity index (χ0) is 19.3. The van der Waals surface area contributed by atoms with E-state index in [9.17, 15) is 9.59 Å². The lowest BCUT2D eigenvalue weighted by molar-refractivity contribution is 0.0525. The van der Waals surface area contributed by atoms with Crippen LogP contribution in [-0.4, -0.2) is 58.1 Å². The number of aromatic nitrogens is 2. The molecule has 4 heterocycles. The van der Waals surface area contributed by atoms with E-state index >= 15 is 0 Å². The van der Waals surface area contributed by atoms with Gasteiger partial charge in [0.05, 0.1) is 17.5 Å². The van der Waals surface area contributed by atoms with Gasteiger partial charge in [-0.15, -0.1) is 0 Å². The van der Waals surface area contributed by atoms with Gasteiger partial charge in [0.2, 0.25) is 0 Å². The van der Waals surface area contributed by atoms with Gasteiger partial charge < -0.3 is 14.2 Å². The van der Waals surface area contributed by atoms with Gasteiger partial charge in [-0.1, -0.05) is 6.42 Å². The van der Waals surface area contributed by atoms with Crippen molar-refractivity contribution in [1.82, 2.24) is 19.6 Å². The predicted molar refractivity (Wildman–Crippen MR) is 102 cm³/mol. The molecule has 5 rings (SSSR count). The first-order valence-electron chi connectivity index (χ1n) is 10.2. The van der Waals surface area contributed by atoms with Crippen LogP contribution in [0.3, 0.4) is 0 Å². The van der Waals surface area contributed by atoms with Crippen LogP contribution in [0, 0.1) is 5.92 Å². The van der Waals surface area contributed by atoms with Gasteiger partial charge in [0.1, 0.15) is 0 Å². The zero-order valence-electron chi connectivity index (χ0n) is 16.3. The Morgan fingerprint density at radius 2 is 2.11 bits per heavy atom. The van der Waals surface area contributed by atoms with Crippen LogP contribution in [0.25, 0.3) is 0 Å². The largest absolute Gasteiger partial charge is 0.459 e. The van der Waals surface area contributed by atoms with Crippen LogP contribution in [0.2, 0.25) is 0 Å². The number of furan rings is 1. The Balaban J connectivity index is 1.39. The Kier molecular flexibility index (Phi) is 4.07. The molecule has 1 spiro atoms. The van der Waals surface area contributed by atoms with E-state index in [-0.39, 0.29) is 17.2 Å². The van der Waals surface area contributed by atoms with Gasteiger partial charge in [-0.2, -0.15) is 5.10 Å². The lowest BCUT2D eigenvalue weighted by Gasteiger charge is -2.45. The first kappa shape index (κ1) is 17.5. The smallest absolute Gasteiger partial charge is 0.289 e. The van der Waals surface area contributed by atoms with Crippen LogP contribution in [0.1, 0.15) is 58.7 Å². The average molecular weight is 382 g/mol. The van der Waals surface area contributed by atoms with E-state index in [0.29, 0.717) is 31.3 Å². The minimum atomic E-state index is -0.164. The Morgan fingerprint density at radius 3 is 2.75 bits per heavy atom. The summed E-state index contributed by atoms with van der Waals surface area (Å²) < 4.78 is 7.26. The quantitative estimate of drug-likeness (QED) is 0.818. The van der Waals surface area contributed by atoms with Crippen LogP contribution in [0.5, 0.6) is 0 Å². The van der Waals surface area contributed by atoms with Crippen molar-refractivity contribution in [1.29, 1.82) is 0 Å². The highest BCUT2D eigenvalue weighted by Gasteiger charge is 2.47. The SMILES string of the molecule is CN1CC2(CCN(C(=O)c3ccco3)CC2)c2nn(CC3CCC3)cc2C1=O. The van der Waals surface area contributed by atoms with E-state index in [1.165, 1.54) is 25.5 Å². The summed E-state index contributed by atoms with van der Waals surface area (Å²) in [6.45, 7) is 2.87. The van der Waals surface area contributed by atoms with E-state index < -0.39 is 0 Å². The number of nitrogens with zero attached hydrogens (tertiary/aromatic N) is 4.